The summed E-state index contributed by atoms with van der Waals surface area (Å²) in [6.07, 6.45) is -1.83. The van der Waals surface area contributed by atoms with E-state index in [1.807, 2.05) is 0 Å². The molecule has 0 aromatic rings. The van der Waals surface area contributed by atoms with Crippen molar-refractivity contribution in [1.29, 1.82) is 0 Å². The van der Waals surface area contributed by atoms with Crippen LogP contribution in [0.1, 0.15) is 14.3 Å². The van der Waals surface area contributed by atoms with Gasteiger partial charge in [-0.15, -0.1) is 58.8 Å². The zero-order chi connectivity index (χ0) is 8.08. The van der Waals surface area contributed by atoms with Crippen LogP contribution in [0.3, 0.4) is 0 Å². The van der Waals surface area contributed by atoms with E-state index in [4.69, 9.17) is 30.9 Å². The minimum absolute atomic E-state index is 0. The normalized spacial score (nSPS) is 4.56. The summed E-state index contributed by atoms with van der Waals surface area (Å²) in [6.45, 7) is 0. The molecule has 0 heterocycles. The zero-order valence-electron chi connectivity index (χ0n) is 19.1. The van der Waals surface area contributed by atoms with Gasteiger partial charge in [0.25, 0.3) is 0 Å². The van der Waals surface area contributed by atoms with Crippen LogP contribution in [0.4, 0.5) is 4.79 Å². The van der Waals surface area contributed by atoms with Crippen LogP contribution in [0.2, 0.25) is 0 Å². The SMILES string of the molecule is Br.Br.Cl.Cl.O=C(O)O.[H-].[H-].[H-].[H-].[H-].[H-].[H-].[H-].[H-].[H-].[Mg+2].[Mg+2].[Mg+2].[Mg+2].[Mg+2].[O]=[Cr](=[O])([OH])[OH]. The minimum atomic E-state index is -5.25. The van der Waals surface area contributed by atoms with Crippen molar-refractivity contribution < 1.29 is 58.8 Å². The van der Waals surface area contributed by atoms with E-state index in [-0.39, 0.29) is 188 Å². The van der Waals surface area contributed by atoms with Gasteiger partial charge in [-0.1, -0.05) is 0 Å². The summed E-state index contributed by atoms with van der Waals surface area (Å²) in [5, 5.41) is 13.9. The number of carboxylic acid groups (broad SMARTS) is 2. The monoisotopic (exact) mass is 542 g/mol. The van der Waals surface area contributed by atoms with E-state index in [2.05, 4.69) is 0 Å². The van der Waals surface area contributed by atoms with Crippen LogP contribution in [0, 0.1) is 0 Å². The molecular weight excluding hydrogens is 528 g/mol. The first-order chi connectivity index (χ1) is 3.73. The number of hydrogen-bond acceptors (Lipinski definition) is 3. The zero-order valence-corrected chi connectivity index (χ0v) is 22.5. The molecule has 0 radical (unpaired) electrons. The van der Waals surface area contributed by atoms with Gasteiger partial charge in [0, 0.05) is 0 Å². The molecule has 0 fully saturated rings. The molecule has 0 amide bonds. The summed E-state index contributed by atoms with van der Waals surface area (Å²) in [5.41, 5.74) is 0. The van der Waals surface area contributed by atoms with E-state index in [0.717, 1.165) is 0 Å². The first-order valence-electron chi connectivity index (χ1n) is 1.35. The van der Waals surface area contributed by atoms with Gasteiger partial charge < -0.3 is 24.5 Å². The van der Waals surface area contributed by atoms with Crippen molar-refractivity contribution in [1.82, 2.24) is 0 Å². The number of carbonyl (C=O) groups is 1. The fourth-order valence-electron chi connectivity index (χ4n) is 0. The van der Waals surface area contributed by atoms with Gasteiger partial charge in [-0.25, -0.2) is 4.79 Å². The summed E-state index contributed by atoms with van der Waals surface area (Å²) in [4.78, 5) is 8.56. The Kier molecular flexibility index (Phi) is 215. The number of rotatable bonds is 0. The Morgan fingerprint density at radius 1 is 0.778 bits per heavy atom. The van der Waals surface area contributed by atoms with Crippen molar-refractivity contribution in [2.24, 2.45) is 0 Å². The van der Waals surface area contributed by atoms with Gasteiger partial charge in [0.1, 0.15) is 0 Å². The van der Waals surface area contributed by atoms with E-state index in [1.54, 1.807) is 0 Å². The Morgan fingerprint density at radius 2 is 0.778 bits per heavy atom. The van der Waals surface area contributed by atoms with Crippen molar-refractivity contribution in [2.45, 2.75) is 0 Å². The van der Waals surface area contributed by atoms with Crippen molar-refractivity contribution in [3.8, 4) is 0 Å². The second kappa shape index (κ2) is 49.5. The third-order valence-corrected chi connectivity index (χ3v) is 0. The Balaban J connectivity index is -0.00000000110. The number of hydrogen-bond donors (Lipinski definition) is 4. The average Bonchev–Trinajstić information content (AvgIpc) is 1.19. The van der Waals surface area contributed by atoms with Gasteiger partial charge in [-0.05, 0) is 0 Å². The van der Waals surface area contributed by atoms with E-state index < -0.39 is 19.8 Å². The Hall–Kier alpha value is 4.69. The molecule has 0 aromatic heterocycles. The van der Waals surface area contributed by atoms with Gasteiger partial charge in [-0.2, -0.15) is 0 Å². The maximum absolute atomic E-state index is 8.82. The summed E-state index contributed by atoms with van der Waals surface area (Å²) in [5.74, 6) is 0. The fraction of sp³-hybridized carbons (Fsp3) is 0. The molecule has 7 nitrogen and oxygen atoms in total. The molecule has 0 bridgehead atoms. The van der Waals surface area contributed by atoms with Crippen LogP contribution in [-0.2, 0) is 21.2 Å². The molecule has 0 unspecified atom stereocenters. The molecule has 108 valence electrons. The standard InChI is InChI=1S/CH2O3.2BrH.2ClH.Cr.5Mg.2H2O.2O.10H/c2-1(3)4;;;;;;;;;;;;;;;;;;;;;;;;/h(H2,2,3,4);4*1H;;;;;;;2*1H2;;;;;;;;;;;;/q;;;;;6*+2;;;;;10*-1/p-2. The van der Waals surface area contributed by atoms with Crippen molar-refractivity contribution in [3.63, 3.8) is 0 Å². The maximum atomic E-state index is 8.82. The van der Waals surface area contributed by atoms with Crippen LogP contribution < -0.4 is 0 Å². The van der Waals surface area contributed by atoms with Gasteiger partial charge in [0.05, 0.1) is 0 Å². The van der Waals surface area contributed by atoms with Crippen LogP contribution >= 0.6 is 58.8 Å². The van der Waals surface area contributed by atoms with Crippen molar-refractivity contribution in [2.75, 3.05) is 0 Å². The van der Waals surface area contributed by atoms with E-state index >= 15 is 0 Å². The van der Waals surface area contributed by atoms with Crippen LogP contribution in [0.25, 0.3) is 0 Å². The summed E-state index contributed by atoms with van der Waals surface area (Å²) in [6, 6.07) is 0. The van der Waals surface area contributed by atoms with Gasteiger partial charge in [0.2, 0.25) is 0 Å². The second-order valence-corrected chi connectivity index (χ2v) is 2.13. The number of halogens is 4. The molecular formula is CH18Br2Cl2CrMg5O7. The molecule has 0 saturated heterocycles. The molecule has 0 spiro atoms. The summed E-state index contributed by atoms with van der Waals surface area (Å²) in [7, 11) is 0. The summed E-state index contributed by atoms with van der Waals surface area (Å²) >= 11 is -5.25. The average molecular weight is 546 g/mol. The van der Waals surface area contributed by atoms with Crippen LogP contribution in [0.5, 0.6) is 0 Å². The van der Waals surface area contributed by atoms with Crippen molar-refractivity contribution >= 4 is 180 Å². The van der Waals surface area contributed by atoms with Gasteiger partial charge in [-0.3, -0.25) is 0 Å². The topological polar surface area (TPSA) is 132 Å². The molecule has 0 aliphatic carbocycles. The van der Waals surface area contributed by atoms with Gasteiger partial charge in [0.15, 0.2) is 0 Å². The van der Waals surface area contributed by atoms with Crippen LogP contribution in [0.15, 0.2) is 0 Å². The molecule has 18 heavy (non-hydrogen) atoms. The molecule has 0 atom stereocenters. The Bertz CT molecular complexity index is 209. The third kappa shape index (κ3) is 364. The second-order valence-electron chi connectivity index (χ2n) is 0.730. The first-order valence-corrected chi connectivity index (χ1v) is 3.53. The molecule has 0 rings (SSSR count). The fourth-order valence-corrected chi connectivity index (χ4v) is 0. The van der Waals surface area contributed by atoms with E-state index in [1.165, 1.54) is 0 Å². The molecule has 0 saturated carbocycles. The predicted molar refractivity (Wildman–Crippen MR) is 91.5 cm³/mol. The molecule has 0 aromatic carbocycles. The van der Waals surface area contributed by atoms with Crippen LogP contribution in [-0.4, -0.2) is 140 Å². The molecule has 0 aliphatic heterocycles. The van der Waals surface area contributed by atoms with Crippen molar-refractivity contribution in [3.05, 3.63) is 0 Å². The Morgan fingerprint density at radius 3 is 0.778 bits per heavy atom. The predicted octanol–water partition coefficient (Wildman–Crippen LogP) is 0.0887. The quantitative estimate of drug-likeness (QED) is 0.317. The molecule has 0 aliphatic rings. The van der Waals surface area contributed by atoms with E-state index in [0.29, 0.717) is 0 Å². The molecule has 4 N–H and O–H groups in total. The third-order valence-electron chi connectivity index (χ3n) is 0. The first kappa shape index (κ1) is 78.1. The van der Waals surface area contributed by atoms with E-state index in [9.17, 15) is 0 Å². The van der Waals surface area contributed by atoms with Gasteiger partial charge >= 0.3 is 151 Å². The molecule has 17 heteroatoms. The Labute approximate surface area is 235 Å². The summed E-state index contributed by atoms with van der Waals surface area (Å²) < 4.78 is 31.9.